The lowest BCUT2D eigenvalue weighted by Gasteiger charge is -2.46. The van der Waals surface area contributed by atoms with E-state index in [4.69, 9.17) is 0 Å². The van der Waals surface area contributed by atoms with Crippen LogP contribution in [-0.4, -0.2) is 41.3 Å². The first-order chi connectivity index (χ1) is 14.5. The van der Waals surface area contributed by atoms with Crippen molar-refractivity contribution in [3.8, 4) is 0 Å². The number of rotatable bonds is 5. The number of likely N-dealkylation sites (N-methyl/N-ethyl adjacent to an activating group) is 1. The van der Waals surface area contributed by atoms with Gasteiger partial charge in [-0.25, -0.2) is 0 Å². The van der Waals surface area contributed by atoms with Crippen molar-refractivity contribution in [1.29, 1.82) is 0 Å². The lowest BCUT2D eigenvalue weighted by molar-refractivity contribution is -0.948. The van der Waals surface area contributed by atoms with Gasteiger partial charge >= 0.3 is 0 Å². The van der Waals surface area contributed by atoms with E-state index in [0.717, 1.165) is 19.5 Å². The molecule has 0 aliphatic carbocycles. The Kier molecular flexibility index (Phi) is 5.57. The second-order valence-corrected chi connectivity index (χ2v) is 8.75. The maximum atomic E-state index is 2.35. The van der Waals surface area contributed by atoms with Crippen LogP contribution in [0.3, 0.4) is 0 Å². The molecule has 0 bridgehead atoms. The van der Waals surface area contributed by atoms with Crippen molar-refractivity contribution >= 4 is 11.4 Å². The van der Waals surface area contributed by atoms with E-state index >= 15 is 0 Å². The van der Waals surface area contributed by atoms with Gasteiger partial charge in [-0.15, -0.1) is 0 Å². The molecule has 156 valence electrons. The Labute approximate surface area is 181 Å². The Morgan fingerprint density at radius 2 is 1.23 bits per heavy atom. The van der Waals surface area contributed by atoms with E-state index in [1.54, 1.807) is 4.90 Å². The van der Waals surface area contributed by atoms with E-state index in [1.165, 1.54) is 33.6 Å². The van der Waals surface area contributed by atoms with Gasteiger partial charge in [-0.1, -0.05) is 24.3 Å². The van der Waals surface area contributed by atoms with Crippen LogP contribution in [0, 0.1) is 0 Å². The van der Waals surface area contributed by atoms with Gasteiger partial charge in [0.1, 0.15) is 0 Å². The highest BCUT2D eigenvalue weighted by Crippen LogP contribution is 2.39. The van der Waals surface area contributed by atoms with E-state index in [0.29, 0.717) is 0 Å². The van der Waals surface area contributed by atoms with Gasteiger partial charge < -0.3 is 14.7 Å². The lowest BCUT2D eigenvalue weighted by Crippen LogP contribution is -3.20. The standard InChI is InChI=1S/C27H33N3/c1-6-30-20-19-21-9-7-8-10-26(21)27(30,22-11-15-24(16-12-22)28(2)3)23-13-17-25(18-14-23)29(4)5/h7-18H,6,19-20H2,1-5H3/p+1. The molecule has 1 aliphatic heterocycles. The van der Waals surface area contributed by atoms with Crippen LogP contribution in [0.4, 0.5) is 11.4 Å². The lowest BCUT2D eigenvalue weighted by atomic mass is 9.71. The Hall–Kier alpha value is -2.78. The zero-order valence-electron chi connectivity index (χ0n) is 18.9. The highest BCUT2D eigenvalue weighted by molar-refractivity contribution is 5.57. The van der Waals surface area contributed by atoms with Crippen molar-refractivity contribution in [2.24, 2.45) is 0 Å². The number of nitrogens with zero attached hydrogens (tertiary/aromatic N) is 2. The van der Waals surface area contributed by atoms with Crippen LogP contribution in [-0.2, 0) is 12.0 Å². The Bertz CT molecular complexity index is 936. The van der Waals surface area contributed by atoms with Gasteiger partial charge in [-0.3, -0.25) is 0 Å². The summed E-state index contributed by atoms with van der Waals surface area (Å²) in [7, 11) is 8.41. The molecule has 1 aliphatic rings. The number of hydrogen-bond donors (Lipinski definition) is 1. The number of anilines is 2. The monoisotopic (exact) mass is 400 g/mol. The van der Waals surface area contributed by atoms with E-state index in [1.807, 2.05) is 0 Å². The number of benzene rings is 3. The molecule has 1 heterocycles. The van der Waals surface area contributed by atoms with Crippen molar-refractivity contribution in [3.63, 3.8) is 0 Å². The van der Waals surface area contributed by atoms with Crippen LogP contribution in [0.1, 0.15) is 29.2 Å². The number of hydrogen-bond acceptors (Lipinski definition) is 2. The molecule has 0 radical (unpaired) electrons. The van der Waals surface area contributed by atoms with Crippen molar-refractivity contribution < 1.29 is 4.90 Å². The number of fused-ring (bicyclic) bond motifs is 1. The summed E-state index contributed by atoms with van der Waals surface area (Å²) < 4.78 is 0. The highest BCUT2D eigenvalue weighted by atomic mass is 15.2. The molecule has 0 fully saturated rings. The van der Waals surface area contributed by atoms with Gasteiger partial charge in [0.05, 0.1) is 13.1 Å². The summed E-state index contributed by atoms with van der Waals surface area (Å²) in [5.41, 5.74) is 7.94. The minimum Gasteiger partial charge on any atom is -0.378 e. The van der Waals surface area contributed by atoms with Crippen LogP contribution >= 0.6 is 0 Å². The Balaban J connectivity index is 1.99. The van der Waals surface area contributed by atoms with Crippen LogP contribution in [0.2, 0.25) is 0 Å². The molecule has 0 amide bonds. The molecule has 1 N–H and O–H groups in total. The topological polar surface area (TPSA) is 10.9 Å². The van der Waals surface area contributed by atoms with Gasteiger partial charge in [0.2, 0.25) is 0 Å². The van der Waals surface area contributed by atoms with E-state index in [-0.39, 0.29) is 5.54 Å². The van der Waals surface area contributed by atoms with Gasteiger partial charge in [0.25, 0.3) is 0 Å². The molecular weight excluding hydrogens is 366 g/mol. The molecule has 3 heteroatoms. The molecule has 0 aromatic heterocycles. The Morgan fingerprint density at radius 1 is 0.733 bits per heavy atom. The van der Waals surface area contributed by atoms with Crippen LogP contribution in [0.25, 0.3) is 0 Å². The van der Waals surface area contributed by atoms with Crippen LogP contribution in [0.15, 0.2) is 72.8 Å². The van der Waals surface area contributed by atoms with Gasteiger partial charge in [0, 0.05) is 62.7 Å². The molecule has 4 rings (SSSR count). The van der Waals surface area contributed by atoms with Crippen molar-refractivity contribution in [1.82, 2.24) is 0 Å². The fraction of sp³-hybridized carbons (Fsp3) is 0.333. The predicted octanol–water partition coefficient (Wildman–Crippen LogP) is 3.57. The maximum Gasteiger partial charge on any atom is 0.175 e. The maximum absolute atomic E-state index is 2.35. The first kappa shape index (κ1) is 20.5. The molecule has 30 heavy (non-hydrogen) atoms. The largest absolute Gasteiger partial charge is 0.378 e. The summed E-state index contributed by atoms with van der Waals surface area (Å²) in [4.78, 5) is 5.94. The predicted molar refractivity (Wildman–Crippen MR) is 128 cm³/mol. The molecule has 1 unspecified atom stereocenters. The van der Waals surface area contributed by atoms with Gasteiger partial charge in [-0.05, 0) is 61.0 Å². The summed E-state index contributed by atoms with van der Waals surface area (Å²) in [5.74, 6) is 0. The fourth-order valence-corrected chi connectivity index (χ4v) is 5.11. The molecule has 1 atom stereocenters. The van der Waals surface area contributed by atoms with E-state index < -0.39 is 0 Å². The SMILES string of the molecule is CC[NH+]1CCc2ccccc2C1(c1ccc(N(C)C)cc1)c1ccc(N(C)C)cc1. The molecule has 0 spiro atoms. The number of quaternary nitrogens is 1. The van der Waals surface area contributed by atoms with Crippen molar-refractivity contribution in [2.45, 2.75) is 18.9 Å². The van der Waals surface area contributed by atoms with Crippen molar-refractivity contribution in [2.75, 3.05) is 51.1 Å². The first-order valence-electron chi connectivity index (χ1n) is 11.0. The summed E-state index contributed by atoms with van der Waals surface area (Å²) in [6, 6.07) is 27.5. The first-order valence-corrected chi connectivity index (χ1v) is 11.0. The van der Waals surface area contributed by atoms with Gasteiger partial charge in [0.15, 0.2) is 5.54 Å². The second-order valence-electron chi connectivity index (χ2n) is 8.75. The third-order valence-corrected chi connectivity index (χ3v) is 6.71. The zero-order valence-corrected chi connectivity index (χ0v) is 18.9. The van der Waals surface area contributed by atoms with Crippen LogP contribution in [0.5, 0.6) is 0 Å². The summed E-state index contributed by atoms with van der Waals surface area (Å²) >= 11 is 0. The minimum absolute atomic E-state index is 0.195. The third-order valence-electron chi connectivity index (χ3n) is 6.71. The average Bonchev–Trinajstić information content (AvgIpc) is 2.78. The highest BCUT2D eigenvalue weighted by Gasteiger charge is 2.49. The number of nitrogens with one attached hydrogen (secondary N) is 1. The average molecular weight is 401 g/mol. The molecule has 0 saturated heterocycles. The van der Waals surface area contributed by atoms with Gasteiger partial charge in [-0.2, -0.15) is 0 Å². The van der Waals surface area contributed by atoms with E-state index in [2.05, 4.69) is 118 Å². The summed E-state index contributed by atoms with van der Waals surface area (Å²) in [6.45, 7) is 4.54. The Morgan fingerprint density at radius 3 is 1.70 bits per heavy atom. The normalized spacial score (nSPS) is 17.3. The smallest absolute Gasteiger partial charge is 0.175 e. The minimum atomic E-state index is -0.195. The molecule has 3 aromatic carbocycles. The molecule has 3 nitrogen and oxygen atoms in total. The summed E-state index contributed by atoms with van der Waals surface area (Å²) in [6.07, 6.45) is 1.13. The molecular formula is C27H34N3+. The third kappa shape index (κ3) is 3.27. The quantitative estimate of drug-likeness (QED) is 0.702. The molecule has 3 aromatic rings. The van der Waals surface area contributed by atoms with E-state index in [9.17, 15) is 0 Å². The zero-order chi connectivity index (χ0) is 21.3. The summed E-state index contributed by atoms with van der Waals surface area (Å²) in [5, 5.41) is 0. The molecule has 0 saturated carbocycles. The van der Waals surface area contributed by atoms with Crippen molar-refractivity contribution in [3.05, 3.63) is 95.1 Å². The fourth-order valence-electron chi connectivity index (χ4n) is 5.11. The second kappa shape index (κ2) is 8.16. The van der Waals surface area contributed by atoms with Crippen LogP contribution < -0.4 is 14.7 Å².